The maximum absolute atomic E-state index is 13.1. The van der Waals surface area contributed by atoms with Crippen molar-refractivity contribution in [2.45, 2.75) is 38.8 Å². The van der Waals surface area contributed by atoms with Crippen LogP contribution in [-0.2, 0) is 13.1 Å². The molecule has 1 amide bonds. The summed E-state index contributed by atoms with van der Waals surface area (Å²) in [7, 11) is 0. The van der Waals surface area contributed by atoms with Crippen LogP contribution in [0.15, 0.2) is 48.5 Å². The first-order chi connectivity index (χ1) is 13.3. The number of rotatable bonds is 6. The first-order valence-corrected chi connectivity index (χ1v) is 10.2. The van der Waals surface area contributed by atoms with Crippen molar-refractivity contribution in [3.63, 3.8) is 0 Å². The molecule has 2 aliphatic heterocycles. The van der Waals surface area contributed by atoms with Crippen molar-refractivity contribution < 1.29 is 4.79 Å². The van der Waals surface area contributed by atoms with Crippen molar-refractivity contribution in [3.8, 4) is 0 Å². The molecule has 0 bridgehead atoms. The molecule has 0 aromatic heterocycles. The lowest BCUT2D eigenvalue weighted by Gasteiger charge is -2.19. The number of anilines is 1. The van der Waals surface area contributed by atoms with Gasteiger partial charge >= 0.3 is 0 Å². The number of hydrogen-bond donors (Lipinski definition) is 1. The monoisotopic (exact) mass is 363 g/mol. The summed E-state index contributed by atoms with van der Waals surface area (Å²) in [6.07, 6.45) is 5.08. The third-order valence-corrected chi connectivity index (χ3v) is 5.71. The van der Waals surface area contributed by atoms with Gasteiger partial charge in [0, 0.05) is 24.3 Å². The van der Waals surface area contributed by atoms with Crippen molar-refractivity contribution in [3.05, 3.63) is 65.2 Å². The lowest BCUT2D eigenvalue weighted by atomic mass is 10.1. The molecule has 0 saturated carbocycles. The van der Waals surface area contributed by atoms with Gasteiger partial charge in [-0.2, -0.15) is 0 Å². The Hall–Kier alpha value is -2.17. The van der Waals surface area contributed by atoms with Gasteiger partial charge in [-0.15, -0.1) is 0 Å². The minimum Gasteiger partial charge on any atom is -0.322 e. The molecule has 4 nitrogen and oxygen atoms in total. The number of para-hydroxylation sites is 1. The highest BCUT2D eigenvalue weighted by molar-refractivity contribution is 6.05. The second-order valence-corrected chi connectivity index (χ2v) is 7.73. The number of nitrogens with one attached hydrogen (secondary N) is 1. The van der Waals surface area contributed by atoms with Crippen LogP contribution in [0.3, 0.4) is 0 Å². The van der Waals surface area contributed by atoms with Gasteiger partial charge in [-0.05, 0) is 75.1 Å². The van der Waals surface area contributed by atoms with Crippen LogP contribution in [0.25, 0.3) is 0 Å². The third-order valence-electron chi connectivity index (χ3n) is 5.71. The molecule has 4 heteroatoms. The number of likely N-dealkylation sites (tertiary alicyclic amines) is 2. The molecule has 1 N–H and O–H groups in total. The Morgan fingerprint density at radius 1 is 0.741 bits per heavy atom. The van der Waals surface area contributed by atoms with Gasteiger partial charge in [-0.3, -0.25) is 14.6 Å². The molecule has 0 spiro atoms. The van der Waals surface area contributed by atoms with Crippen molar-refractivity contribution in [1.82, 2.24) is 9.80 Å². The molecule has 27 heavy (non-hydrogen) atoms. The number of carbonyl (C=O) groups is 1. The summed E-state index contributed by atoms with van der Waals surface area (Å²) in [6, 6.07) is 16.2. The van der Waals surface area contributed by atoms with E-state index in [1.165, 1.54) is 31.2 Å². The Kier molecular flexibility index (Phi) is 5.85. The van der Waals surface area contributed by atoms with E-state index in [2.05, 4.69) is 33.3 Å². The smallest absolute Gasteiger partial charge is 0.255 e. The summed E-state index contributed by atoms with van der Waals surface area (Å²) in [5.41, 5.74) is 4.05. The molecule has 2 saturated heterocycles. The predicted octanol–water partition coefficient (Wildman–Crippen LogP) is 4.13. The summed E-state index contributed by atoms with van der Waals surface area (Å²) in [6.45, 7) is 6.34. The zero-order valence-corrected chi connectivity index (χ0v) is 16.0. The van der Waals surface area contributed by atoms with Crippen LogP contribution in [0.5, 0.6) is 0 Å². The molecule has 2 heterocycles. The molecule has 0 aliphatic carbocycles. The Morgan fingerprint density at radius 2 is 1.26 bits per heavy atom. The Balaban J connectivity index is 1.49. The number of carbonyl (C=O) groups excluding carboxylic acids is 1. The van der Waals surface area contributed by atoms with Crippen LogP contribution in [-0.4, -0.2) is 41.9 Å². The summed E-state index contributed by atoms with van der Waals surface area (Å²) in [5.74, 6) is -0.00123. The fourth-order valence-electron chi connectivity index (χ4n) is 4.21. The first-order valence-electron chi connectivity index (χ1n) is 10.2. The fourth-order valence-corrected chi connectivity index (χ4v) is 4.21. The average molecular weight is 364 g/mol. The average Bonchev–Trinajstić information content (AvgIpc) is 3.38. The van der Waals surface area contributed by atoms with Crippen molar-refractivity contribution in [2.24, 2.45) is 0 Å². The number of amides is 1. The second-order valence-electron chi connectivity index (χ2n) is 7.73. The van der Waals surface area contributed by atoms with E-state index in [9.17, 15) is 4.79 Å². The van der Waals surface area contributed by atoms with Gasteiger partial charge < -0.3 is 5.32 Å². The van der Waals surface area contributed by atoms with Gasteiger partial charge in [0.15, 0.2) is 0 Å². The summed E-state index contributed by atoms with van der Waals surface area (Å²) in [4.78, 5) is 18.0. The highest BCUT2D eigenvalue weighted by Crippen LogP contribution is 2.22. The summed E-state index contributed by atoms with van der Waals surface area (Å²) in [5, 5.41) is 3.18. The van der Waals surface area contributed by atoms with Gasteiger partial charge in [-0.1, -0.05) is 36.4 Å². The molecule has 0 radical (unpaired) electrons. The molecule has 0 atom stereocenters. The van der Waals surface area contributed by atoms with E-state index in [-0.39, 0.29) is 5.91 Å². The zero-order chi connectivity index (χ0) is 18.5. The summed E-state index contributed by atoms with van der Waals surface area (Å²) >= 11 is 0. The first kappa shape index (κ1) is 18.2. The highest BCUT2D eigenvalue weighted by Gasteiger charge is 2.18. The quantitative estimate of drug-likeness (QED) is 0.838. The lowest BCUT2D eigenvalue weighted by Crippen LogP contribution is -2.23. The highest BCUT2D eigenvalue weighted by atomic mass is 16.1. The minimum absolute atomic E-state index is 0.00123. The van der Waals surface area contributed by atoms with E-state index < -0.39 is 0 Å². The molecule has 2 aromatic rings. The van der Waals surface area contributed by atoms with Crippen molar-refractivity contribution in [1.29, 1.82) is 0 Å². The summed E-state index contributed by atoms with van der Waals surface area (Å²) < 4.78 is 0. The van der Waals surface area contributed by atoms with Crippen molar-refractivity contribution in [2.75, 3.05) is 31.5 Å². The molecule has 142 valence electrons. The number of hydrogen-bond acceptors (Lipinski definition) is 3. The van der Waals surface area contributed by atoms with Gasteiger partial charge in [0.25, 0.3) is 5.91 Å². The second kappa shape index (κ2) is 8.68. The number of nitrogens with zero attached hydrogens (tertiary/aromatic N) is 2. The topological polar surface area (TPSA) is 35.6 Å². The lowest BCUT2D eigenvalue weighted by molar-refractivity contribution is 0.102. The van der Waals surface area contributed by atoms with Gasteiger partial charge in [0.05, 0.1) is 0 Å². The Morgan fingerprint density at radius 3 is 1.93 bits per heavy atom. The SMILES string of the molecule is O=C(Nc1ccccc1CN1CCCC1)c1ccccc1CN1CCCC1. The molecule has 2 fully saturated rings. The molecular formula is C23H29N3O. The van der Waals surface area contributed by atoms with Crippen molar-refractivity contribution >= 4 is 11.6 Å². The fraction of sp³-hybridized carbons (Fsp3) is 0.435. The normalized spacial score (nSPS) is 18.1. The Bertz CT molecular complexity index is 777. The van der Waals surface area contributed by atoms with E-state index in [4.69, 9.17) is 0 Å². The molecule has 4 rings (SSSR count). The Labute approximate surface area is 162 Å². The zero-order valence-electron chi connectivity index (χ0n) is 16.0. The maximum Gasteiger partial charge on any atom is 0.255 e. The van der Waals surface area contributed by atoms with E-state index in [1.807, 2.05) is 30.3 Å². The van der Waals surface area contributed by atoms with Gasteiger partial charge in [-0.25, -0.2) is 0 Å². The minimum atomic E-state index is -0.00123. The number of benzene rings is 2. The van der Waals surface area contributed by atoms with E-state index in [1.54, 1.807) is 0 Å². The van der Waals surface area contributed by atoms with E-state index in [0.717, 1.165) is 56.1 Å². The molecule has 2 aromatic carbocycles. The third kappa shape index (κ3) is 4.57. The maximum atomic E-state index is 13.1. The van der Waals surface area contributed by atoms with Gasteiger partial charge in [0.2, 0.25) is 0 Å². The van der Waals surface area contributed by atoms with Gasteiger partial charge in [0.1, 0.15) is 0 Å². The predicted molar refractivity (Wildman–Crippen MR) is 110 cm³/mol. The van der Waals surface area contributed by atoms with Crippen LogP contribution in [0.4, 0.5) is 5.69 Å². The van der Waals surface area contributed by atoms with Crippen LogP contribution in [0.1, 0.15) is 47.2 Å². The van der Waals surface area contributed by atoms with Crippen LogP contribution in [0, 0.1) is 0 Å². The van der Waals surface area contributed by atoms with Crippen LogP contribution >= 0.6 is 0 Å². The standard InChI is InChI=1S/C23H29N3O/c27-23(21-11-3-1-9-19(21)17-25-13-5-6-14-25)24-22-12-4-2-10-20(22)18-26-15-7-8-16-26/h1-4,9-12H,5-8,13-18H2,(H,24,27). The molecular weight excluding hydrogens is 334 g/mol. The largest absolute Gasteiger partial charge is 0.322 e. The van der Waals surface area contributed by atoms with Crippen LogP contribution in [0.2, 0.25) is 0 Å². The molecule has 0 unspecified atom stereocenters. The van der Waals surface area contributed by atoms with Crippen LogP contribution < -0.4 is 5.32 Å². The molecule has 2 aliphatic rings. The van der Waals surface area contributed by atoms with E-state index >= 15 is 0 Å². The van der Waals surface area contributed by atoms with E-state index in [0.29, 0.717) is 0 Å².